The van der Waals surface area contributed by atoms with Gasteiger partial charge in [0, 0.05) is 15.6 Å². The summed E-state index contributed by atoms with van der Waals surface area (Å²) in [4.78, 5) is 28.0. The maximum absolute atomic E-state index is 13.5. The van der Waals surface area contributed by atoms with Gasteiger partial charge in [0.2, 0.25) is 0 Å². The lowest BCUT2D eigenvalue weighted by atomic mass is 9.88. The lowest BCUT2D eigenvalue weighted by molar-refractivity contribution is -0.136. The van der Waals surface area contributed by atoms with Gasteiger partial charge in [-0.3, -0.25) is 9.59 Å². The van der Waals surface area contributed by atoms with Crippen molar-refractivity contribution in [2.45, 2.75) is 18.6 Å². The molecule has 5 heteroatoms. The maximum atomic E-state index is 13.5. The number of ketones is 1. The average molecular weight is 486 g/mol. The Bertz CT molecular complexity index is 1350. The van der Waals surface area contributed by atoms with E-state index in [4.69, 9.17) is 0 Å². The first kappa shape index (κ1) is 20.6. The van der Waals surface area contributed by atoms with Crippen molar-refractivity contribution in [3.8, 4) is 0 Å². The Morgan fingerprint density at radius 1 is 0.875 bits per heavy atom. The number of hydrogen-bond acceptors (Lipinski definition) is 3. The van der Waals surface area contributed by atoms with Gasteiger partial charge in [-0.1, -0.05) is 82.7 Å². The molecule has 0 radical (unpaired) electrons. The first-order chi connectivity index (χ1) is 15.5. The summed E-state index contributed by atoms with van der Waals surface area (Å²) in [6.07, 6.45) is -0.312. The fourth-order valence-corrected chi connectivity index (χ4v) is 4.69. The number of carbonyl (C=O) groups is 2. The van der Waals surface area contributed by atoms with Crippen molar-refractivity contribution >= 4 is 44.1 Å². The molecule has 1 amide bonds. The highest BCUT2D eigenvalue weighted by Crippen LogP contribution is 2.44. The van der Waals surface area contributed by atoms with Gasteiger partial charge in [-0.15, -0.1) is 0 Å². The van der Waals surface area contributed by atoms with E-state index < -0.39 is 11.5 Å². The highest BCUT2D eigenvalue weighted by molar-refractivity contribution is 9.10. The zero-order valence-electron chi connectivity index (χ0n) is 17.2. The number of aliphatic hydroxyl groups is 1. The fraction of sp³-hybridized carbons (Fsp3) is 0.111. The molecule has 4 aromatic rings. The van der Waals surface area contributed by atoms with E-state index in [0.717, 1.165) is 20.8 Å². The summed E-state index contributed by atoms with van der Waals surface area (Å²) in [7, 11) is 0. The molecule has 5 rings (SSSR count). The van der Waals surface area contributed by atoms with Crippen molar-refractivity contribution in [2.75, 3.05) is 4.90 Å². The number of halogens is 1. The highest BCUT2D eigenvalue weighted by Gasteiger charge is 2.51. The fourth-order valence-electron chi connectivity index (χ4n) is 4.33. The topological polar surface area (TPSA) is 57.6 Å². The van der Waals surface area contributed by atoms with Crippen molar-refractivity contribution in [1.82, 2.24) is 0 Å². The molecule has 1 aliphatic rings. The quantitative estimate of drug-likeness (QED) is 0.373. The van der Waals surface area contributed by atoms with Crippen LogP contribution in [-0.4, -0.2) is 16.8 Å². The minimum Gasteiger partial charge on any atom is -0.375 e. The summed E-state index contributed by atoms with van der Waals surface area (Å²) in [5, 5.41) is 13.8. The molecule has 1 N–H and O–H groups in total. The van der Waals surface area contributed by atoms with Gasteiger partial charge in [-0.2, -0.15) is 0 Å². The van der Waals surface area contributed by atoms with Crippen LogP contribution in [-0.2, 0) is 16.9 Å². The molecule has 1 atom stereocenters. The Balaban J connectivity index is 1.52. The predicted octanol–water partition coefficient (Wildman–Crippen LogP) is 5.61. The molecule has 1 unspecified atom stereocenters. The summed E-state index contributed by atoms with van der Waals surface area (Å²) in [6, 6.07) is 28.2. The third kappa shape index (κ3) is 3.53. The Morgan fingerprint density at radius 3 is 2.38 bits per heavy atom. The van der Waals surface area contributed by atoms with Gasteiger partial charge in [0.25, 0.3) is 5.91 Å². The lowest BCUT2D eigenvalue weighted by Crippen LogP contribution is -2.41. The lowest BCUT2D eigenvalue weighted by Gasteiger charge is -2.23. The smallest absolute Gasteiger partial charge is 0.264 e. The summed E-state index contributed by atoms with van der Waals surface area (Å²) in [6.45, 7) is 0.306. The van der Waals surface area contributed by atoms with E-state index >= 15 is 0 Å². The molecule has 4 aromatic carbocycles. The molecule has 0 aromatic heterocycles. The Labute approximate surface area is 194 Å². The van der Waals surface area contributed by atoms with Gasteiger partial charge < -0.3 is 10.0 Å². The van der Waals surface area contributed by atoms with Gasteiger partial charge in [-0.05, 0) is 40.6 Å². The van der Waals surface area contributed by atoms with Crippen molar-refractivity contribution in [1.29, 1.82) is 0 Å². The van der Waals surface area contributed by atoms with Crippen LogP contribution in [0.5, 0.6) is 0 Å². The number of anilines is 1. The van der Waals surface area contributed by atoms with Gasteiger partial charge in [0.15, 0.2) is 11.4 Å². The van der Waals surface area contributed by atoms with Crippen LogP contribution < -0.4 is 4.90 Å². The predicted molar refractivity (Wildman–Crippen MR) is 129 cm³/mol. The number of benzene rings is 4. The summed E-state index contributed by atoms with van der Waals surface area (Å²) in [5.74, 6) is -0.761. The molecule has 0 aliphatic carbocycles. The molecular weight excluding hydrogens is 466 g/mol. The highest BCUT2D eigenvalue weighted by atomic mass is 79.9. The second kappa shape index (κ2) is 8.01. The number of Topliss-reactive ketones (excluding diaryl/α,β-unsaturated/α-hetero) is 1. The summed E-state index contributed by atoms with van der Waals surface area (Å²) < 4.78 is 0.738. The van der Waals surface area contributed by atoms with E-state index in [1.54, 1.807) is 35.2 Å². The van der Waals surface area contributed by atoms with Gasteiger partial charge in [0.1, 0.15) is 0 Å². The largest absolute Gasteiger partial charge is 0.375 e. The van der Waals surface area contributed by atoms with Crippen LogP contribution in [0.2, 0.25) is 0 Å². The SMILES string of the molecule is O=C(CC1(O)C(=O)N(Cc2ccc3ccccc3c2)c2ccc(Br)cc21)c1ccccc1. The Kier molecular flexibility index (Phi) is 5.16. The van der Waals surface area contributed by atoms with Crippen molar-refractivity contribution in [2.24, 2.45) is 0 Å². The van der Waals surface area contributed by atoms with Gasteiger partial charge >= 0.3 is 0 Å². The number of hydrogen-bond donors (Lipinski definition) is 1. The zero-order valence-corrected chi connectivity index (χ0v) is 18.7. The summed E-state index contributed by atoms with van der Waals surface area (Å²) in [5.41, 5.74) is 0.572. The number of fused-ring (bicyclic) bond motifs is 2. The van der Waals surface area contributed by atoms with Gasteiger partial charge in [-0.25, -0.2) is 0 Å². The molecule has 4 nitrogen and oxygen atoms in total. The Morgan fingerprint density at radius 2 is 1.59 bits per heavy atom. The molecule has 158 valence electrons. The number of rotatable bonds is 5. The van der Waals surface area contributed by atoms with Crippen LogP contribution in [0.1, 0.15) is 27.9 Å². The minimum atomic E-state index is -1.91. The standard InChI is InChI=1S/C27H20BrNO3/c28-22-12-13-24-23(15-22)27(32,16-25(30)20-7-2-1-3-8-20)26(31)29(24)17-18-10-11-19-6-4-5-9-21(19)14-18/h1-15,32H,16-17H2. The monoisotopic (exact) mass is 485 g/mol. The number of carbonyl (C=O) groups excluding carboxylic acids is 2. The molecule has 0 saturated carbocycles. The van der Waals surface area contributed by atoms with E-state index in [1.165, 1.54) is 0 Å². The van der Waals surface area contributed by atoms with Gasteiger partial charge in [0.05, 0.1) is 18.7 Å². The van der Waals surface area contributed by atoms with E-state index in [1.807, 2.05) is 60.7 Å². The molecule has 0 fully saturated rings. The second-order valence-corrected chi connectivity index (χ2v) is 8.98. The number of amides is 1. The summed E-state index contributed by atoms with van der Waals surface area (Å²) >= 11 is 3.44. The van der Waals surface area contributed by atoms with E-state index in [0.29, 0.717) is 23.4 Å². The second-order valence-electron chi connectivity index (χ2n) is 8.06. The van der Waals surface area contributed by atoms with Crippen LogP contribution in [0.25, 0.3) is 10.8 Å². The minimum absolute atomic E-state index is 0.278. The third-order valence-corrected chi connectivity index (χ3v) is 6.45. The van der Waals surface area contributed by atoms with E-state index in [9.17, 15) is 14.7 Å². The molecule has 1 heterocycles. The van der Waals surface area contributed by atoms with Crippen LogP contribution in [0.15, 0.2) is 95.5 Å². The molecule has 0 saturated heterocycles. The molecular formula is C27H20BrNO3. The zero-order chi connectivity index (χ0) is 22.3. The van der Waals surface area contributed by atoms with Crippen molar-refractivity contribution in [3.63, 3.8) is 0 Å². The van der Waals surface area contributed by atoms with Crippen molar-refractivity contribution < 1.29 is 14.7 Å². The van der Waals surface area contributed by atoms with Crippen LogP contribution in [0.4, 0.5) is 5.69 Å². The van der Waals surface area contributed by atoms with Crippen LogP contribution in [0.3, 0.4) is 0 Å². The van der Waals surface area contributed by atoms with Crippen molar-refractivity contribution in [3.05, 3.63) is 112 Å². The Hall–Kier alpha value is -3.28. The first-order valence-corrected chi connectivity index (χ1v) is 11.2. The van der Waals surface area contributed by atoms with Crippen LogP contribution >= 0.6 is 15.9 Å². The van der Waals surface area contributed by atoms with E-state index in [2.05, 4.69) is 15.9 Å². The van der Waals surface area contributed by atoms with Crippen LogP contribution in [0, 0.1) is 0 Å². The molecule has 0 bridgehead atoms. The normalized spacial score (nSPS) is 17.6. The van der Waals surface area contributed by atoms with E-state index in [-0.39, 0.29) is 12.2 Å². The maximum Gasteiger partial charge on any atom is 0.264 e. The average Bonchev–Trinajstić information content (AvgIpc) is 3.01. The molecule has 32 heavy (non-hydrogen) atoms. The molecule has 0 spiro atoms. The molecule has 1 aliphatic heterocycles. The number of nitrogens with zero attached hydrogens (tertiary/aromatic N) is 1. The first-order valence-electron chi connectivity index (χ1n) is 10.4. The third-order valence-electron chi connectivity index (χ3n) is 5.96.